The van der Waals surface area contributed by atoms with Crippen LogP contribution in [0.4, 0.5) is 10.1 Å². The number of halogens is 2. The number of carbonyl (C=O) groups excluding carboxylic acids is 1. The standard InChI is InChI=1S/C22H25ClFN3O3S/c23-18-4-1-5-20(15-18)25-11-13-26(14-12-25)22(28)17-3-2-10-27(16-17)31(29,30)21-8-6-19(24)7-9-21/h1,4-9,15,17H,2-3,10-14,16H2. The first-order valence-corrected chi connectivity index (χ1v) is 12.2. The fourth-order valence-corrected chi connectivity index (χ4v) is 5.94. The van der Waals surface area contributed by atoms with Crippen molar-refractivity contribution in [3.63, 3.8) is 0 Å². The summed E-state index contributed by atoms with van der Waals surface area (Å²) in [5, 5.41) is 0.681. The number of sulfonamides is 1. The summed E-state index contributed by atoms with van der Waals surface area (Å²) >= 11 is 6.08. The zero-order valence-corrected chi connectivity index (χ0v) is 18.7. The van der Waals surface area contributed by atoms with Crippen molar-refractivity contribution in [2.75, 3.05) is 44.2 Å². The summed E-state index contributed by atoms with van der Waals surface area (Å²) < 4.78 is 40.4. The predicted octanol–water partition coefficient (Wildman–Crippen LogP) is 3.23. The molecule has 4 rings (SSSR count). The average Bonchev–Trinajstić information content (AvgIpc) is 2.79. The molecule has 2 aromatic carbocycles. The van der Waals surface area contributed by atoms with Crippen LogP contribution in [0.2, 0.25) is 5.02 Å². The van der Waals surface area contributed by atoms with Crippen LogP contribution in [-0.4, -0.2) is 62.8 Å². The van der Waals surface area contributed by atoms with Crippen molar-refractivity contribution in [1.29, 1.82) is 0 Å². The fourth-order valence-electron chi connectivity index (χ4n) is 4.23. The molecule has 6 nitrogen and oxygen atoms in total. The third-order valence-electron chi connectivity index (χ3n) is 5.95. The highest BCUT2D eigenvalue weighted by atomic mass is 35.5. The first-order valence-electron chi connectivity index (χ1n) is 10.4. The van der Waals surface area contributed by atoms with E-state index in [1.54, 1.807) is 0 Å². The number of nitrogens with zero attached hydrogens (tertiary/aromatic N) is 3. The van der Waals surface area contributed by atoms with Crippen LogP contribution in [0, 0.1) is 11.7 Å². The molecule has 1 amide bonds. The lowest BCUT2D eigenvalue weighted by molar-refractivity contribution is -0.137. The molecule has 166 valence electrons. The van der Waals surface area contributed by atoms with Crippen LogP contribution in [0.5, 0.6) is 0 Å². The van der Waals surface area contributed by atoms with Crippen molar-refractivity contribution in [3.05, 3.63) is 59.4 Å². The molecule has 0 N–H and O–H groups in total. The Morgan fingerprint density at radius 2 is 1.71 bits per heavy atom. The van der Waals surface area contributed by atoms with Gasteiger partial charge in [-0.15, -0.1) is 0 Å². The molecule has 2 aromatic rings. The Morgan fingerprint density at radius 1 is 1.00 bits per heavy atom. The van der Waals surface area contributed by atoms with E-state index in [2.05, 4.69) is 4.90 Å². The maximum atomic E-state index is 13.2. The molecule has 31 heavy (non-hydrogen) atoms. The van der Waals surface area contributed by atoms with Gasteiger partial charge in [0, 0.05) is 50.0 Å². The molecule has 0 spiro atoms. The molecule has 2 aliphatic rings. The Balaban J connectivity index is 1.38. The minimum absolute atomic E-state index is 0.00440. The van der Waals surface area contributed by atoms with E-state index in [9.17, 15) is 17.6 Å². The number of hydrogen-bond donors (Lipinski definition) is 0. The summed E-state index contributed by atoms with van der Waals surface area (Å²) in [6, 6.07) is 12.5. The molecule has 2 fully saturated rings. The summed E-state index contributed by atoms with van der Waals surface area (Å²) in [4.78, 5) is 17.2. The van der Waals surface area contributed by atoms with Crippen LogP contribution in [0.15, 0.2) is 53.4 Å². The molecule has 0 radical (unpaired) electrons. The molecule has 0 bridgehead atoms. The maximum Gasteiger partial charge on any atom is 0.243 e. The number of carbonyl (C=O) groups is 1. The summed E-state index contributed by atoms with van der Waals surface area (Å²) in [5.74, 6) is -0.839. The minimum atomic E-state index is -3.75. The van der Waals surface area contributed by atoms with E-state index >= 15 is 0 Å². The first kappa shape index (κ1) is 22.0. The molecule has 2 aliphatic heterocycles. The van der Waals surface area contributed by atoms with Crippen molar-refractivity contribution >= 4 is 33.2 Å². The number of piperazine rings is 1. The maximum absolute atomic E-state index is 13.2. The van der Waals surface area contributed by atoms with Crippen LogP contribution in [0.1, 0.15) is 12.8 Å². The van der Waals surface area contributed by atoms with E-state index in [1.165, 1.54) is 16.4 Å². The third kappa shape index (κ3) is 4.86. The van der Waals surface area contributed by atoms with Crippen molar-refractivity contribution in [2.45, 2.75) is 17.7 Å². The summed E-state index contributed by atoms with van der Waals surface area (Å²) in [6.45, 7) is 3.12. The van der Waals surface area contributed by atoms with E-state index in [0.717, 1.165) is 17.8 Å². The number of benzene rings is 2. The zero-order valence-electron chi connectivity index (χ0n) is 17.1. The molecule has 1 unspecified atom stereocenters. The number of piperidine rings is 1. The van der Waals surface area contributed by atoms with Gasteiger partial charge < -0.3 is 9.80 Å². The molecule has 2 heterocycles. The van der Waals surface area contributed by atoms with Gasteiger partial charge in [0.05, 0.1) is 10.8 Å². The van der Waals surface area contributed by atoms with E-state index in [-0.39, 0.29) is 23.3 Å². The Bertz CT molecular complexity index is 1040. The Labute approximate surface area is 187 Å². The van der Waals surface area contributed by atoms with Gasteiger partial charge in [0.15, 0.2) is 0 Å². The zero-order chi connectivity index (χ0) is 22.0. The number of anilines is 1. The van der Waals surface area contributed by atoms with E-state index in [0.29, 0.717) is 50.6 Å². The molecular weight excluding hydrogens is 441 g/mol. The van der Waals surface area contributed by atoms with Crippen LogP contribution in [-0.2, 0) is 14.8 Å². The smallest absolute Gasteiger partial charge is 0.243 e. The van der Waals surface area contributed by atoms with Gasteiger partial charge in [-0.1, -0.05) is 17.7 Å². The molecule has 1 atom stereocenters. The van der Waals surface area contributed by atoms with Gasteiger partial charge in [-0.3, -0.25) is 4.79 Å². The van der Waals surface area contributed by atoms with Crippen molar-refractivity contribution in [1.82, 2.24) is 9.21 Å². The fraction of sp³-hybridized carbons (Fsp3) is 0.409. The lowest BCUT2D eigenvalue weighted by atomic mass is 9.97. The van der Waals surface area contributed by atoms with Crippen molar-refractivity contribution in [3.8, 4) is 0 Å². The van der Waals surface area contributed by atoms with Crippen LogP contribution >= 0.6 is 11.6 Å². The lowest BCUT2D eigenvalue weighted by Crippen LogP contribution is -2.53. The van der Waals surface area contributed by atoms with Gasteiger partial charge in [0.2, 0.25) is 15.9 Å². The van der Waals surface area contributed by atoms with Gasteiger partial charge >= 0.3 is 0 Å². The van der Waals surface area contributed by atoms with E-state index < -0.39 is 15.8 Å². The minimum Gasteiger partial charge on any atom is -0.368 e. The Kier molecular flexibility index (Phi) is 6.50. The highest BCUT2D eigenvalue weighted by molar-refractivity contribution is 7.89. The highest BCUT2D eigenvalue weighted by Gasteiger charge is 2.35. The Hall–Kier alpha value is -2.16. The number of rotatable bonds is 4. The first-order chi connectivity index (χ1) is 14.8. The van der Waals surface area contributed by atoms with Crippen molar-refractivity contribution < 1.29 is 17.6 Å². The second-order valence-electron chi connectivity index (χ2n) is 7.95. The van der Waals surface area contributed by atoms with Gasteiger partial charge in [-0.2, -0.15) is 4.31 Å². The van der Waals surface area contributed by atoms with Crippen LogP contribution in [0.25, 0.3) is 0 Å². The number of amides is 1. The molecule has 0 saturated carbocycles. The average molecular weight is 466 g/mol. The van der Waals surface area contributed by atoms with Gasteiger partial charge in [0.25, 0.3) is 0 Å². The third-order valence-corrected chi connectivity index (χ3v) is 8.06. The summed E-state index contributed by atoms with van der Waals surface area (Å²) in [6.07, 6.45) is 1.29. The second kappa shape index (κ2) is 9.14. The second-order valence-corrected chi connectivity index (χ2v) is 10.3. The van der Waals surface area contributed by atoms with Gasteiger partial charge in [-0.25, -0.2) is 12.8 Å². The van der Waals surface area contributed by atoms with Crippen LogP contribution in [0.3, 0.4) is 0 Å². The predicted molar refractivity (Wildman–Crippen MR) is 118 cm³/mol. The van der Waals surface area contributed by atoms with Crippen molar-refractivity contribution in [2.24, 2.45) is 5.92 Å². The van der Waals surface area contributed by atoms with Crippen LogP contribution < -0.4 is 4.90 Å². The quantitative estimate of drug-likeness (QED) is 0.695. The Morgan fingerprint density at radius 3 is 2.39 bits per heavy atom. The summed E-state index contributed by atoms with van der Waals surface area (Å²) in [5.41, 5.74) is 1.04. The molecule has 0 aliphatic carbocycles. The molecular formula is C22H25ClFN3O3S. The van der Waals surface area contributed by atoms with Gasteiger partial charge in [-0.05, 0) is 55.3 Å². The normalized spacial score (nSPS) is 20.6. The lowest BCUT2D eigenvalue weighted by Gasteiger charge is -2.39. The van der Waals surface area contributed by atoms with E-state index in [1.807, 2.05) is 29.2 Å². The highest BCUT2D eigenvalue weighted by Crippen LogP contribution is 2.26. The number of hydrogen-bond acceptors (Lipinski definition) is 4. The molecule has 9 heteroatoms. The SMILES string of the molecule is O=C(C1CCCN(S(=O)(=O)c2ccc(F)cc2)C1)N1CCN(c2cccc(Cl)c2)CC1. The topological polar surface area (TPSA) is 60.9 Å². The van der Waals surface area contributed by atoms with Gasteiger partial charge in [0.1, 0.15) is 5.82 Å². The largest absolute Gasteiger partial charge is 0.368 e. The molecule has 2 saturated heterocycles. The molecule has 0 aromatic heterocycles. The van der Waals surface area contributed by atoms with E-state index in [4.69, 9.17) is 11.6 Å². The summed E-state index contributed by atoms with van der Waals surface area (Å²) in [7, 11) is -3.75. The monoisotopic (exact) mass is 465 g/mol.